The number of hydrogen-bond acceptors (Lipinski definition) is 3. The lowest BCUT2D eigenvalue weighted by Crippen LogP contribution is -2.40. The molecule has 1 unspecified atom stereocenters. The fourth-order valence-electron chi connectivity index (χ4n) is 4.64. The predicted molar refractivity (Wildman–Crippen MR) is 132 cm³/mol. The van der Waals surface area contributed by atoms with E-state index in [2.05, 4.69) is 25.1 Å². The van der Waals surface area contributed by atoms with E-state index in [1.54, 1.807) is 18.2 Å². The third-order valence-corrected chi connectivity index (χ3v) is 6.55. The lowest BCUT2D eigenvalue weighted by atomic mass is 9.87. The molecule has 6 heteroatoms. The number of halogens is 1. The average molecular weight is 478 g/mol. The van der Waals surface area contributed by atoms with E-state index < -0.39 is 18.6 Å². The number of hydrogen-bond donors (Lipinski definition) is 1. The number of aryl methyl sites for hydroxylation is 2. The summed E-state index contributed by atoms with van der Waals surface area (Å²) in [6.45, 7) is 2.20. The van der Waals surface area contributed by atoms with Crippen LogP contribution in [0.15, 0.2) is 66.7 Å². The van der Waals surface area contributed by atoms with Crippen molar-refractivity contribution in [3.8, 4) is 5.75 Å². The zero-order chi connectivity index (χ0) is 24.1. The van der Waals surface area contributed by atoms with Gasteiger partial charge in [-0.1, -0.05) is 60.1 Å². The quantitative estimate of drug-likeness (QED) is 0.458. The Morgan fingerprint density at radius 1 is 1.06 bits per heavy atom. The second kappa shape index (κ2) is 10.7. The van der Waals surface area contributed by atoms with Crippen LogP contribution in [0.4, 0.5) is 0 Å². The van der Waals surface area contributed by atoms with Crippen LogP contribution in [0.25, 0.3) is 0 Å². The molecule has 1 N–H and O–H groups in total. The minimum Gasteiger partial charge on any atom is -0.482 e. The van der Waals surface area contributed by atoms with Crippen molar-refractivity contribution in [2.45, 2.75) is 38.6 Å². The van der Waals surface area contributed by atoms with Gasteiger partial charge in [0.1, 0.15) is 5.75 Å². The monoisotopic (exact) mass is 477 g/mol. The molecule has 0 aromatic heterocycles. The van der Waals surface area contributed by atoms with Crippen LogP contribution in [0.3, 0.4) is 0 Å². The zero-order valence-corrected chi connectivity index (χ0v) is 19.9. The second-order valence-corrected chi connectivity index (χ2v) is 9.02. The summed E-state index contributed by atoms with van der Waals surface area (Å²) in [5, 5.41) is 9.63. The molecule has 1 aliphatic heterocycles. The van der Waals surface area contributed by atoms with Gasteiger partial charge in [-0.25, -0.2) is 4.79 Å². The number of benzene rings is 3. The first-order chi connectivity index (χ1) is 16.4. The number of fused-ring (bicyclic) bond motifs is 1. The molecule has 1 aliphatic rings. The topological polar surface area (TPSA) is 66.8 Å². The molecular weight excluding hydrogens is 450 g/mol. The first-order valence-electron chi connectivity index (χ1n) is 11.5. The minimum absolute atomic E-state index is 0.0669. The molecule has 0 spiro atoms. The van der Waals surface area contributed by atoms with Crippen LogP contribution in [-0.2, 0) is 22.4 Å². The molecule has 5 nitrogen and oxygen atoms in total. The van der Waals surface area contributed by atoms with Gasteiger partial charge in [-0.3, -0.25) is 4.79 Å². The smallest absolute Gasteiger partial charge is 0.341 e. The fraction of sp³-hybridized carbons (Fsp3) is 0.286. The summed E-state index contributed by atoms with van der Waals surface area (Å²) in [5.41, 5.74) is 5.38. The number of aliphatic carboxylic acids is 1. The molecule has 34 heavy (non-hydrogen) atoms. The van der Waals surface area contributed by atoms with Crippen LogP contribution in [0, 0.1) is 6.92 Å². The zero-order valence-electron chi connectivity index (χ0n) is 19.2. The first-order valence-corrected chi connectivity index (χ1v) is 11.9. The lowest BCUT2D eigenvalue weighted by Gasteiger charge is -2.38. The van der Waals surface area contributed by atoms with Crippen molar-refractivity contribution in [1.29, 1.82) is 0 Å². The van der Waals surface area contributed by atoms with E-state index in [1.807, 2.05) is 35.2 Å². The van der Waals surface area contributed by atoms with E-state index in [4.69, 9.17) is 21.4 Å². The van der Waals surface area contributed by atoms with E-state index in [0.29, 0.717) is 29.3 Å². The summed E-state index contributed by atoms with van der Waals surface area (Å²) in [7, 11) is 0. The van der Waals surface area contributed by atoms with Gasteiger partial charge >= 0.3 is 5.97 Å². The Labute approximate surface area is 204 Å². The Kier molecular flexibility index (Phi) is 7.53. The van der Waals surface area contributed by atoms with Crippen molar-refractivity contribution in [2.75, 3.05) is 13.2 Å². The molecule has 0 saturated carbocycles. The van der Waals surface area contributed by atoms with E-state index in [-0.39, 0.29) is 5.91 Å². The van der Waals surface area contributed by atoms with Crippen LogP contribution in [-0.4, -0.2) is 35.0 Å². The van der Waals surface area contributed by atoms with Gasteiger partial charge in [0.2, 0.25) is 5.91 Å². The Morgan fingerprint density at radius 2 is 1.82 bits per heavy atom. The van der Waals surface area contributed by atoms with Gasteiger partial charge in [0, 0.05) is 23.6 Å². The third kappa shape index (κ3) is 5.42. The molecule has 1 heterocycles. The molecule has 0 radical (unpaired) electrons. The summed E-state index contributed by atoms with van der Waals surface area (Å²) in [4.78, 5) is 26.5. The van der Waals surface area contributed by atoms with Crippen molar-refractivity contribution in [2.24, 2.45) is 0 Å². The molecule has 4 rings (SSSR count). The van der Waals surface area contributed by atoms with Crippen LogP contribution in [0.2, 0.25) is 5.02 Å². The van der Waals surface area contributed by atoms with Crippen molar-refractivity contribution in [3.63, 3.8) is 0 Å². The summed E-state index contributed by atoms with van der Waals surface area (Å²) < 4.78 is 5.61. The molecule has 1 atom stereocenters. The Hall–Kier alpha value is -3.31. The normalized spacial score (nSPS) is 15.0. The number of rotatable bonds is 8. The van der Waals surface area contributed by atoms with E-state index in [9.17, 15) is 9.59 Å². The van der Waals surface area contributed by atoms with Crippen molar-refractivity contribution in [3.05, 3.63) is 99.6 Å². The summed E-state index contributed by atoms with van der Waals surface area (Å²) >= 11 is 6.34. The van der Waals surface area contributed by atoms with Gasteiger partial charge in [0.05, 0.1) is 6.04 Å². The molecule has 0 saturated heterocycles. The number of carboxylic acids is 1. The van der Waals surface area contributed by atoms with Crippen molar-refractivity contribution in [1.82, 2.24) is 4.90 Å². The molecule has 1 amide bonds. The van der Waals surface area contributed by atoms with Crippen LogP contribution >= 0.6 is 11.6 Å². The second-order valence-electron chi connectivity index (χ2n) is 8.58. The molecule has 0 bridgehead atoms. The summed E-state index contributed by atoms with van der Waals surface area (Å²) in [6, 6.07) is 21.0. The number of carbonyl (C=O) groups is 2. The molecule has 3 aromatic rings. The number of ether oxygens (including phenoxy) is 1. The van der Waals surface area contributed by atoms with Crippen LogP contribution < -0.4 is 4.74 Å². The maximum atomic E-state index is 13.5. The number of carbonyl (C=O) groups excluding carboxylic acids is 1. The average Bonchev–Trinajstić information content (AvgIpc) is 2.83. The fourth-order valence-corrected chi connectivity index (χ4v) is 4.82. The van der Waals surface area contributed by atoms with Gasteiger partial charge in [-0.15, -0.1) is 0 Å². The van der Waals surface area contributed by atoms with Gasteiger partial charge in [-0.05, 0) is 66.6 Å². The van der Waals surface area contributed by atoms with Gasteiger partial charge < -0.3 is 14.7 Å². The number of carboxylic acid groups (broad SMARTS) is 1. The van der Waals surface area contributed by atoms with Gasteiger partial charge in [0.25, 0.3) is 0 Å². The minimum atomic E-state index is -1.06. The predicted octanol–water partition coefficient (Wildman–Crippen LogP) is 5.61. The standard InChI is InChI=1S/C28H28ClNO4/c1-19-7-2-3-8-20(19)10-6-12-26(31)30-16-15-21-9-4-5-11-23(21)28(30)24-17-22(29)13-14-25(24)34-18-27(32)33/h2-5,7-9,11,13-14,17,28H,6,10,12,15-16,18H2,1H3,(H,32,33). The molecule has 176 valence electrons. The molecule has 0 aliphatic carbocycles. The van der Waals surface area contributed by atoms with Crippen LogP contribution in [0.5, 0.6) is 5.75 Å². The Bertz CT molecular complexity index is 1190. The lowest BCUT2D eigenvalue weighted by molar-refractivity contribution is -0.139. The van der Waals surface area contributed by atoms with Gasteiger partial charge in [0.15, 0.2) is 6.61 Å². The Morgan fingerprint density at radius 3 is 2.62 bits per heavy atom. The highest BCUT2D eigenvalue weighted by Gasteiger charge is 2.33. The van der Waals surface area contributed by atoms with E-state index in [1.165, 1.54) is 16.7 Å². The summed E-state index contributed by atoms with van der Waals surface area (Å²) in [5.74, 6) is -0.572. The molecule has 0 fully saturated rings. The van der Waals surface area contributed by atoms with Gasteiger partial charge in [-0.2, -0.15) is 0 Å². The highest BCUT2D eigenvalue weighted by molar-refractivity contribution is 6.30. The van der Waals surface area contributed by atoms with E-state index in [0.717, 1.165) is 24.8 Å². The summed E-state index contributed by atoms with van der Waals surface area (Å²) in [6.07, 6.45) is 2.80. The number of amides is 1. The Balaban J connectivity index is 1.62. The molecule has 3 aromatic carbocycles. The SMILES string of the molecule is Cc1ccccc1CCCC(=O)N1CCc2ccccc2C1c1cc(Cl)ccc1OCC(=O)O. The highest BCUT2D eigenvalue weighted by atomic mass is 35.5. The number of nitrogens with zero attached hydrogens (tertiary/aromatic N) is 1. The highest BCUT2D eigenvalue weighted by Crippen LogP contribution is 2.40. The largest absolute Gasteiger partial charge is 0.482 e. The van der Waals surface area contributed by atoms with E-state index >= 15 is 0 Å². The maximum Gasteiger partial charge on any atom is 0.341 e. The van der Waals surface area contributed by atoms with Crippen molar-refractivity contribution < 1.29 is 19.4 Å². The van der Waals surface area contributed by atoms with Crippen molar-refractivity contribution >= 4 is 23.5 Å². The maximum absolute atomic E-state index is 13.5. The van der Waals surface area contributed by atoms with Crippen LogP contribution in [0.1, 0.15) is 46.7 Å². The first kappa shape index (κ1) is 23.8. The molecular formula is C28H28ClNO4. The third-order valence-electron chi connectivity index (χ3n) is 6.32.